The van der Waals surface area contributed by atoms with E-state index in [1.165, 1.54) is 0 Å². The number of nitrogens with one attached hydrogen (secondary N) is 3. The molecule has 7 nitrogen and oxygen atoms in total. The first-order chi connectivity index (χ1) is 13.7. The summed E-state index contributed by atoms with van der Waals surface area (Å²) in [6, 6.07) is 11.4. The molecule has 1 aromatic heterocycles. The van der Waals surface area contributed by atoms with E-state index in [4.69, 9.17) is 0 Å². The third kappa shape index (κ3) is 7.12. The fourth-order valence-corrected chi connectivity index (χ4v) is 3.51. The highest BCUT2D eigenvalue weighted by Crippen LogP contribution is 2.17. The molecule has 8 heteroatoms. The van der Waals surface area contributed by atoms with Crippen LogP contribution in [0.25, 0.3) is 0 Å². The summed E-state index contributed by atoms with van der Waals surface area (Å²) in [7, 11) is 2.18. The SMILES string of the molecule is CN1CCN(CCNSc2ccc(NC(=O)NCc3ccncc3)cc2)CC1. The summed E-state index contributed by atoms with van der Waals surface area (Å²) in [6.45, 7) is 7.08. The second-order valence-electron chi connectivity index (χ2n) is 6.83. The summed E-state index contributed by atoms with van der Waals surface area (Å²) < 4.78 is 3.42. The van der Waals surface area contributed by atoms with Crippen molar-refractivity contribution in [2.24, 2.45) is 0 Å². The van der Waals surface area contributed by atoms with E-state index in [0.29, 0.717) is 6.54 Å². The Morgan fingerprint density at radius 1 is 1.07 bits per heavy atom. The lowest BCUT2D eigenvalue weighted by Crippen LogP contribution is -2.46. The van der Waals surface area contributed by atoms with Crippen LogP contribution in [0.5, 0.6) is 0 Å². The summed E-state index contributed by atoms with van der Waals surface area (Å²) in [6.07, 6.45) is 3.43. The van der Waals surface area contributed by atoms with Gasteiger partial charge in [-0.1, -0.05) is 0 Å². The van der Waals surface area contributed by atoms with Crippen molar-refractivity contribution in [3.8, 4) is 0 Å². The highest BCUT2D eigenvalue weighted by Gasteiger charge is 2.12. The number of piperazine rings is 1. The highest BCUT2D eigenvalue weighted by molar-refractivity contribution is 7.97. The molecule has 1 saturated heterocycles. The summed E-state index contributed by atoms with van der Waals surface area (Å²) in [5.41, 5.74) is 1.79. The van der Waals surface area contributed by atoms with Gasteiger partial charge in [0, 0.05) is 68.8 Å². The molecule has 0 spiro atoms. The van der Waals surface area contributed by atoms with Crippen LogP contribution in [0.4, 0.5) is 10.5 Å². The number of pyridine rings is 1. The van der Waals surface area contributed by atoms with Gasteiger partial charge in [0.05, 0.1) is 0 Å². The Kier molecular flexibility index (Phi) is 8.10. The number of amides is 2. The van der Waals surface area contributed by atoms with Gasteiger partial charge in [-0.3, -0.25) is 14.6 Å². The monoisotopic (exact) mass is 400 g/mol. The van der Waals surface area contributed by atoms with E-state index in [-0.39, 0.29) is 6.03 Å². The lowest BCUT2D eigenvalue weighted by molar-refractivity contribution is 0.156. The van der Waals surface area contributed by atoms with Gasteiger partial charge in [-0.05, 0) is 61.0 Å². The van der Waals surface area contributed by atoms with E-state index in [1.54, 1.807) is 24.3 Å². The Morgan fingerprint density at radius 2 is 1.79 bits per heavy atom. The van der Waals surface area contributed by atoms with Crippen LogP contribution in [0, 0.1) is 0 Å². The number of rotatable bonds is 8. The lowest BCUT2D eigenvalue weighted by atomic mass is 10.3. The van der Waals surface area contributed by atoms with Crippen molar-refractivity contribution in [2.75, 3.05) is 51.6 Å². The molecule has 1 aliphatic heterocycles. The molecule has 0 aliphatic carbocycles. The van der Waals surface area contributed by atoms with E-state index >= 15 is 0 Å². The van der Waals surface area contributed by atoms with Crippen LogP contribution in [-0.4, -0.2) is 67.1 Å². The first-order valence-electron chi connectivity index (χ1n) is 9.53. The van der Waals surface area contributed by atoms with E-state index < -0.39 is 0 Å². The first kappa shape index (κ1) is 20.6. The summed E-state index contributed by atoms with van der Waals surface area (Å²) in [4.78, 5) is 21.9. The quantitative estimate of drug-likeness (QED) is 0.466. The Labute approximate surface area is 171 Å². The topological polar surface area (TPSA) is 72.5 Å². The molecular weight excluding hydrogens is 372 g/mol. The van der Waals surface area contributed by atoms with Crippen LogP contribution >= 0.6 is 11.9 Å². The van der Waals surface area contributed by atoms with Gasteiger partial charge in [-0.25, -0.2) is 4.79 Å². The average Bonchev–Trinajstić information content (AvgIpc) is 2.73. The fraction of sp³-hybridized carbons (Fsp3) is 0.400. The van der Waals surface area contributed by atoms with E-state index in [1.807, 2.05) is 36.4 Å². The molecule has 0 bridgehead atoms. The van der Waals surface area contributed by atoms with Gasteiger partial charge in [-0.2, -0.15) is 0 Å². The number of carbonyl (C=O) groups is 1. The van der Waals surface area contributed by atoms with Crippen molar-refractivity contribution in [1.82, 2.24) is 24.8 Å². The molecule has 2 amide bonds. The molecule has 1 aliphatic rings. The van der Waals surface area contributed by atoms with Crippen LogP contribution in [0.15, 0.2) is 53.7 Å². The molecule has 0 radical (unpaired) electrons. The molecule has 28 heavy (non-hydrogen) atoms. The molecule has 3 rings (SSSR count). The van der Waals surface area contributed by atoms with Gasteiger partial charge >= 0.3 is 6.03 Å². The van der Waals surface area contributed by atoms with Gasteiger partial charge in [0.1, 0.15) is 0 Å². The zero-order valence-electron chi connectivity index (χ0n) is 16.2. The van der Waals surface area contributed by atoms with E-state index in [2.05, 4.69) is 37.2 Å². The fourth-order valence-electron chi connectivity index (χ4n) is 2.87. The molecule has 1 aromatic carbocycles. The Balaban J connectivity index is 1.32. The van der Waals surface area contributed by atoms with E-state index in [0.717, 1.165) is 55.4 Å². The van der Waals surface area contributed by atoms with Crippen LogP contribution in [0.2, 0.25) is 0 Å². The molecule has 1 fully saturated rings. The first-order valence-corrected chi connectivity index (χ1v) is 10.3. The number of benzene rings is 1. The molecule has 2 aromatic rings. The van der Waals surface area contributed by atoms with Gasteiger partial charge in [0.25, 0.3) is 0 Å². The molecule has 150 valence electrons. The van der Waals surface area contributed by atoms with Gasteiger partial charge in [-0.15, -0.1) is 0 Å². The zero-order chi connectivity index (χ0) is 19.6. The van der Waals surface area contributed by atoms with Crippen LogP contribution in [0.1, 0.15) is 5.56 Å². The minimum atomic E-state index is -0.220. The predicted molar refractivity (Wildman–Crippen MR) is 114 cm³/mol. The summed E-state index contributed by atoms with van der Waals surface area (Å²) >= 11 is 1.62. The van der Waals surface area contributed by atoms with Crippen molar-refractivity contribution < 1.29 is 4.79 Å². The molecule has 2 heterocycles. The predicted octanol–water partition coefficient (Wildman–Crippen LogP) is 2.25. The maximum atomic E-state index is 12.0. The number of anilines is 1. The maximum Gasteiger partial charge on any atom is 0.319 e. The molecule has 3 N–H and O–H groups in total. The second-order valence-corrected chi connectivity index (χ2v) is 7.79. The van der Waals surface area contributed by atoms with Crippen molar-refractivity contribution in [3.63, 3.8) is 0 Å². The van der Waals surface area contributed by atoms with Crippen molar-refractivity contribution in [1.29, 1.82) is 0 Å². The molecule has 0 saturated carbocycles. The van der Waals surface area contributed by atoms with Gasteiger partial charge in [0.15, 0.2) is 0 Å². The number of hydrogen-bond donors (Lipinski definition) is 3. The minimum Gasteiger partial charge on any atom is -0.334 e. The van der Waals surface area contributed by atoms with Gasteiger partial charge < -0.3 is 15.5 Å². The number of likely N-dealkylation sites (N-methyl/N-ethyl adjacent to an activating group) is 1. The number of hydrogen-bond acceptors (Lipinski definition) is 6. The lowest BCUT2D eigenvalue weighted by Gasteiger charge is -2.32. The zero-order valence-corrected chi connectivity index (χ0v) is 17.0. The van der Waals surface area contributed by atoms with Crippen molar-refractivity contribution >= 4 is 23.7 Å². The summed E-state index contributed by atoms with van der Waals surface area (Å²) in [5, 5.41) is 5.68. The van der Waals surface area contributed by atoms with Crippen molar-refractivity contribution in [3.05, 3.63) is 54.4 Å². The van der Waals surface area contributed by atoms with Crippen molar-refractivity contribution in [2.45, 2.75) is 11.4 Å². The average molecular weight is 401 g/mol. The standard InChI is InChI=1S/C20H28N6OS/c1-25-12-14-26(15-13-25)11-10-23-28-19-4-2-18(3-5-19)24-20(27)22-16-17-6-8-21-9-7-17/h2-9,23H,10-16H2,1H3,(H2,22,24,27). The number of nitrogens with zero attached hydrogens (tertiary/aromatic N) is 3. The van der Waals surface area contributed by atoms with Crippen LogP contribution < -0.4 is 15.4 Å². The number of carbonyl (C=O) groups excluding carboxylic acids is 1. The maximum absolute atomic E-state index is 12.0. The second kappa shape index (κ2) is 11.0. The van der Waals surface area contributed by atoms with Crippen LogP contribution in [0.3, 0.4) is 0 Å². The molecule has 0 unspecified atom stereocenters. The molecular formula is C20H28N6OS. The smallest absolute Gasteiger partial charge is 0.319 e. The third-order valence-electron chi connectivity index (χ3n) is 4.63. The Hall–Kier alpha value is -2.13. The normalized spacial score (nSPS) is 15.3. The van der Waals surface area contributed by atoms with Crippen LogP contribution in [-0.2, 0) is 6.54 Å². The Bertz CT molecular complexity index is 719. The largest absolute Gasteiger partial charge is 0.334 e. The van der Waals surface area contributed by atoms with E-state index in [9.17, 15) is 4.79 Å². The summed E-state index contributed by atoms with van der Waals surface area (Å²) in [5.74, 6) is 0. The highest BCUT2D eigenvalue weighted by atomic mass is 32.2. The Morgan fingerprint density at radius 3 is 2.50 bits per heavy atom. The van der Waals surface area contributed by atoms with Gasteiger partial charge in [0.2, 0.25) is 0 Å². The molecule has 0 atom stereocenters. The number of aromatic nitrogens is 1. The number of urea groups is 1. The third-order valence-corrected chi connectivity index (χ3v) is 5.49. The minimum absolute atomic E-state index is 0.220.